The lowest BCUT2D eigenvalue weighted by molar-refractivity contribution is 0.390. The first-order valence-electron chi connectivity index (χ1n) is 8.03. The minimum Gasteiger partial charge on any atom is -0.289 e. The molecule has 0 atom stereocenters. The van der Waals surface area contributed by atoms with Gasteiger partial charge in [0.1, 0.15) is 0 Å². The Labute approximate surface area is 125 Å². The van der Waals surface area contributed by atoms with Crippen molar-refractivity contribution in [1.29, 1.82) is 0 Å². The highest BCUT2D eigenvalue weighted by Crippen LogP contribution is 2.23. The number of hydrogen-bond acceptors (Lipinski definition) is 1. The van der Waals surface area contributed by atoms with Crippen molar-refractivity contribution in [2.45, 2.75) is 66.8 Å². The first-order chi connectivity index (χ1) is 9.38. The lowest BCUT2D eigenvalue weighted by Crippen LogP contribution is -2.20. The average molecular weight is 273 g/mol. The summed E-state index contributed by atoms with van der Waals surface area (Å²) >= 11 is 0. The van der Waals surface area contributed by atoms with E-state index in [1.165, 1.54) is 16.7 Å². The van der Waals surface area contributed by atoms with Gasteiger partial charge in [-0.3, -0.25) is 4.99 Å². The van der Waals surface area contributed by atoms with E-state index in [9.17, 15) is 0 Å². The molecule has 0 fully saturated rings. The highest BCUT2D eigenvalue weighted by atomic mass is 14.8. The fourth-order valence-corrected chi connectivity index (χ4v) is 2.88. The molecule has 0 unspecified atom stereocenters. The van der Waals surface area contributed by atoms with Gasteiger partial charge in [0.25, 0.3) is 0 Å². The summed E-state index contributed by atoms with van der Waals surface area (Å²) in [5.74, 6) is 1.71. The number of nitrogens with zero attached hydrogens (tertiary/aromatic N) is 1. The summed E-state index contributed by atoms with van der Waals surface area (Å²) in [5, 5.41) is 0. The Bertz CT molecular complexity index is 433. The molecule has 0 aliphatic rings. The van der Waals surface area contributed by atoms with E-state index in [1.807, 2.05) is 0 Å². The van der Waals surface area contributed by atoms with Crippen LogP contribution in [0.5, 0.6) is 0 Å². The standard InChI is InChI=1S/C19H31N/c1-8-16-10-9-11-17(13(2)3)18(16)12-20-19(14(4)5)15(6)7/h9-15,19H,8H2,1-7H3. The van der Waals surface area contributed by atoms with Crippen molar-refractivity contribution in [2.75, 3.05) is 0 Å². The van der Waals surface area contributed by atoms with Crippen LogP contribution >= 0.6 is 0 Å². The first kappa shape index (κ1) is 16.9. The Balaban J connectivity index is 3.18. The maximum absolute atomic E-state index is 4.92. The van der Waals surface area contributed by atoms with Crippen molar-refractivity contribution in [2.24, 2.45) is 16.8 Å². The van der Waals surface area contributed by atoms with Crippen molar-refractivity contribution in [1.82, 2.24) is 0 Å². The highest BCUT2D eigenvalue weighted by Gasteiger charge is 2.16. The van der Waals surface area contributed by atoms with Gasteiger partial charge in [-0.1, -0.05) is 66.7 Å². The number of rotatable bonds is 6. The molecule has 112 valence electrons. The minimum absolute atomic E-state index is 0.403. The van der Waals surface area contributed by atoms with Crippen LogP contribution in [0.3, 0.4) is 0 Å². The fourth-order valence-electron chi connectivity index (χ4n) is 2.88. The Hall–Kier alpha value is -1.11. The summed E-state index contributed by atoms with van der Waals surface area (Å²) in [6.07, 6.45) is 3.20. The lowest BCUT2D eigenvalue weighted by atomic mass is 9.91. The van der Waals surface area contributed by atoms with Crippen LogP contribution < -0.4 is 0 Å². The third kappa shape index (κ3) is 4.19. The molecule has 0 bridgehead atoms. The van der Waals surface area contributed by atoms with Gasteiger partial charge in [-0.25, -0.2) is 0 Å². The van der Waals surface area contributed by atoms with Crippen molar-refractivity contribution in [3.63, 3.8) is 0 Å². The quantitative estimate of drug-likeness (QED) is 0.609. The molecule has 0 N–H and O–H groups in total. The number of benzene rings is 1. The summed E-state index contributed by atoms with van der Waals surface area (Å²) in [4.78, 5) is 4.92. The van der Waals surface area contributed by atoms with E-state index in [2.05, 4.69) is 72.9 Å². The zero-order chi connectivity index (χ0) is 15.3. The van der Waals surface area contributed by atoms with Gasteiger partial charge < -0.3 is 0 Å². The van der Waals surface area contributed by atoms with E-state index >= 15 is 0 Å². The monoisotopic (exact) mass is 273 g/mol. The van der Waals surface area contributed by atoms with Crippen LogP contribution in [0.15, 0.2) is 23.2 Å². The Morgan fingerprint density at radius 3 is 2.05 bits per heavy atom. The largest absolute Gasteiger partial charge is 0.289 e. The van der Waals surface area contributed by atoms with Crippen LogP contribution in [0, 0.1) is 11.8 Å². The van der Waals surface area contributed by atoms with Crippen molar-refractivity contribution < 1.29 is 0 Å². The molecular formula is C19H31N. The third-order valence-corrected chi connectivity index (χ3v) is 3.97. The van der Waals surface area contributed by atoms with E-state index < -0.39 is 0 Å². The predicted octanol–water partition coefficient (Wildman–Crippen LogP) is 5.47. The lowest BCUT2D eigenvalue weighted by Gasteiger charge is -2.21. The first-order valence-corrected chi connectivity index (χ1v) is 8.03. The molecule has 0 aliphatic carbocycles. The Kier molecular flexibility index (Phi) is 6.45. The van der Waals surface area contributed by atoms with Gasteiger partial charge >= 0.3 is 0 Å². The van der Waals surface area contributed by atoms with Gasteiger partial charge in [0.2, 0.25) is 0 Å². The summed E-state index contributed by atoms with van der Waals surface area (Å²) in [6, 6.07) is 7.05. The van der Waals surface area contributed by atoms with Crippen LogP contribution in [-0.4, -0.2) is 12.3 Å². The molecule has 0 aliphatic heterocycles. The summed E-state index contributed by atoms with van der Waals surface area (Å²) < 4.78 is 0. The van der Waals surface area contributed by atoms with Crippen molar-refractivity contribution in [3.8, 4) is 0 Å². The van der Waals surface area contributed by atoms with Gasteiger partial charge in [-0.15, -0.1) is 0 Å². The molecule has 1 heteroatoms. The van der Waals surface area contributed by atoms with E-state index in [0.717, 1.165) is 6.42 Å². The van der Waals surface area contributed by atoms with Crippen molar-refractivity contribution in [3.05, 3.63) is 34.9 Å². The summed E-state index contributed by atoms with van der Waals surface area (Å²) in [5.41, 5.74) is 4.17. The second kappa shape index (κ2) is 7.61. The maximum atomic E-state index is 4.92. The Morgan fingerprint density at radius 2 is 1.60 bits per heavy atom. The smallest absolute Gasteiger partial charge is 0.0545 e. The average Bonchev–Trinajstić information content (AvgIpc) is 2.37. The molecule has 0 saturated carbocycles. The van der Waals surface area contributed by atoms with Crippen molar-refractivity contribution >= 4 is 6.21 Å². The predicted molar refractivity (Wildman–Crippen MR) is 91.0 cm³/mol. The van der Waals surface area contributed by atoms with E-state index in [4.69, 9.17) is 4.99 Å². The SMILES string of the molecule is CCc1cccc(C(C)C)c1C=NC(C(C)C)C(C)C. The molecule has 1 aromatic rings. The summed E-state index contributed by atoms with van der Waals surface area (Å²) in [6.45, 7) is 15.8. The molecule has 20 heavy (non-hydrogen) atoms. The van der Waals surface area contributed by atoms with Gasteiger partial charge in [0, 0.05) is 6.21 Å². The van der Waals surface area contributed by atoms with E-state index in [1.54, 1.807) is 0 Å². The normalized spacial score (nSPS) is 12.6. The van der Waals surface area contributed by atoms with Crippen LogP contribution in [0.25, 0.3) is 0 Å². The molecule has 1 aromatic carbocycles. The summed E-state index contributed by atoms with van der Waals surface area (Å²) in [7, 11) is 0. The molecular weight excluding hydrogens is 242 g/mol. The maximum Gasteiger partial charge on any atom is 0.0545 e. The fraction of sp³-hybridized carbons (Fsp3) is 0.632. The topological polar surface area (TPSA) is 12.4 Å². The zero-order valence-electron chi connectivity index (χ0n) is 14.3. The second-order valence-electron chi connectivity index (χ2n) is 6.69. The highest BCUT2D eigenvalue weighted by molar-refractivity contribution is 5.84. The van der Waals surface area contributed by atoms with E-state index in [-0.39, 0.29) is 0 Å². The van der Waals surface area contributed by atoms with Crippen LogP contribution in [0.1, 0.15) is 71.1 Å². The van der Waals surface area contributed by atoms with Crippen LogP contribution in [-0.2, 0) is 6.42 Å². The van der Waals surface area contributed by atoms with Gasteiger partial charge in [-0.05, 0) is 40.9 Å². The molecule has 0 heterocycles. The van der Waals surface area contributed by atoms with Crippen LogP contribution in [0.4, 0.5) is 0 Å². The van der Waals surface area contributed by atoms with Gasteiger partial charge in [0.05, 0.1) is 6.04 Å². The molecule has 0 radical (unpaired) electrons. The molecule has 0 spiro atoms. The minimum atomic E-state index is 0.403. The van der Waals surface area contributed by atoms with Gasteiger partial charge in [0.15, 0.2) is 0 Å². The number of aliphatic imine (C=N–C) groups is 1. The molecule has 0 saturated heterocycles. The molecule has 1 nitrogen and oxygen atoms in total. The van der Waals surface area contributed by atoms with Crippen LogP contribution in [0.2, 0.25) is 0 Å². The van der Waals surface area contributed by atoms with Gasteiger partial charge in [-0.2, -0.15) is 0 Å². The molecule has 0 amide bonds. The molecule has 1 rings (SSSR count). The number of aryl methyl sites for hydroxylation is 1. The molecule has 0 aromatic heterocycles. The third-order valence-electron chi connectivity index (χ3n) is 3.97. The second-order valence-corrected chi connectivity index (χ2v) is 6.69. The van der Waals surface area contributed by atoms with E-state index in [0.29, 0.717) is 23.8 Å². The zero-order valence-corrected chi connectivity index (χ0v) is 14.3. The Morgan fingerprint density at radius 1 is 1.00 bits per heavy atom. The number of hydrogen-bond donors (Lipinski definition) is 0.